The standard InChI is InChI=1S/C14H6BrClINO3/c15-12-4-2-8(20-12)6-11-14(19)21-13(18-11)9-5-7(17)1-3-10(9)16/h1-6H/b11-6+. The summed E-state index contributed by atoms with van der Waals surface area (Å²) in [5, 5.41) is 0.476. The van der Waals surface area contributed by atoms with Crippen molar-refractivity contribution in [3.8, 4) is 0 Å². The first-order valence-electron chi connectivity index (χ1n) is 5.76. The number of aliphatic imine (C=N–C) groups is 1. The van der Waals surface area contributed by atoms with Crippen molar-refractivity contribution >= 4 is 68.1 Å². The molecule has 1 aliphatic heterocycles. The number of hydrogen-bond acceptors (Lipinski definition) is 4. The van der Waals surface area contributed by atoms with Crippen molar-refractivity contribution in [3.63, 3.8) is 0 Å². The predicted octanol–water partition coefficient (Wildman–Crippen LogP) is 4.64. The molecule has 0 bridgehead atoms. The number of furan rings is 1. The third-order valence-corrected chi connectivity index (χ3v) is 4.08. The minimum atomic E-state index is -0.535. The molecule has 0 aliphatic carbocycles. The van der Waals surface area contributed by atoms with Crippen molar-refractivity contribution < 1.29 is 13.9 Å². The van der Waals surface area contributed by atoms with Gasteiger partial charge in [-0.05, 0) is 68.9 Å². The van der Waals surface area contributed by atoms with Crippen molar-refractivity contribution in [3.05, 3.63) is 60.6 Å². The fourth-order valence-electron chi connectivity index (χ4n) is 1.73. The summed E-state index contributed by atoms with van der Waals surface area (Å²) in [5.74, 6) is 0.167. The molecule has 0 saturated heterocycles. The topological polar surface area (TPSA) is 51.8 Å². The van der Waals surface area contributed by atoms with Crippen molar-refractivity contribution in [1.82, 2.24) is 0 Å². The van der Waals surface area contributed by atoms with Crippen LogP contribution in [0, 0.1) is 3.57 Å². The molecule has 0 atom stereocenters. The lowest BCUT2D eigenvalue weighted by atomic mass is 10.2. The van der Waals surface area contributed by atoms with E-state index in [0.29, 0.717) is 21.0 Å². The van der Waals surface area contributed by atoms with Gasteiger partial charge in [-0.1, -0.05) is 11.6 Å². The highest BCUT2D eigenvalue weighted by atomic mass is 127. The van der Waals surface area contributed by atoms with E-state index in [-0.39, 0.29) is 11.6 Å². The first kappa shape index (κ1) is 14.8. The summed E-state index contributed by atoms with van der Waals surface area (Å²) in [6.07, 6.45) is 1.52. The van der Waals surface area contributed by atoms with Gasteiger partial charge in [-0.15, -0.1) is 0 Å². The maximum Gasteiger partial charge on any atom is 0.363 e. The molecule has 4 nitrogen and oxygen atoms in total. The zero-order chi connectivity index (χ0) is 15.0. The normalized spacial score (nSPS) is 16.2. The quantitative estimate of drug-likeness (QED) is 0.359. The Kier molecular flexibility index (Phi) is 4.19. The largest absolute Gasteiger partial charge is 0.450 e. The van der Waals surface area contributed by atoms with Crippen LogP contribution < -0.4 is 0 Å². The van der Waals surface area contributed by atoms with Crippen LogP contribution in [0.3, 0.4) is 0 Å². The van der Waals surface area contributed by atoms with E-state index < -0.39 is 5.97 Å². The number of nitrogens with zero attached hydrogens (tertiary/aromatic N) is 1. The molecule has 0 N–H and O–H groups in total. The number of hydrogen-bond donors (Lipinski definition) is 0. The van der Waals surface area contributed by atoms with Crippen LogP contribution in [0.25, 0.3) is 6.08 Å². The van der Waals surface area contributed by atoms with Crippen LogP contribution in [-0.4, -0.2) is 11.9 Å². The molecule has 1 aromatic carbocycles. The predicted molar refractivity (Wildman–Crippen MR) is 91.2 cm³/mol. The average Bonchev–Trinajstić information content (AvgIpc) is 3.00. The lowest BCUT2D eigenvalue weighted by Crippen LogP contribution is -2.06. The number of rotatable bonds is 2. The molecule has 0 fully saturated rings. The molecule has 106 valence electrons. The fraction of sp³-hybridized carbons (Fsp3) is 0. The molecule has 1 aromatic heterocycles. The van der Waals surface area contributed by atoms with Crippen LogP contribution in [0.15, 0.2) is 50.1 Å². The van der Waals surface area contributed by atoms with Crippen molar-refractivity contribution in [2.75, 3.05) is 0 Å². The monoisotopic (exact) mass is 477 g/mol. The van der Waals surface area contributed by atoms with E-state index in [9.17, 15) is 4.79 Å². The zero-order valence-electron chi connectivity index (χ0n) is 10.3. The van der Waals surface area contributed by atoms with Gasteiger partial charge in [0.1, 0.15) is 5.76 Å². The van der Waals surface area contributed by atoms with Crippen molar-refractivity contribution in [2.24, 2.45) is 4.99 Å². The molecule has 0 spiro atoms. The second kappa shape index (κ2) is 5.94. The SMILES string of the molecule is O=C1OC(c2cc(I)ccc2Cl)=N/C1=C/c1ccc(Br)o1. The van der Waals surface area contributed by atoms with Crippen LogP contribution in [0.5, 0.6) is 0 Å². The Labute approximate surface area is 147 Å². The fourth-order valence-corrected chi connectivity index (χ4v) is 2.74. The summed E-state index contributed by atoms with van der Waals surface area (Å²) < 4.78 is 12.0. The molecule has 0 radical (unpaired) electrons. The Balaban J connectivity index is 1.99. The number of carbonyl (C=O) groups is 1. The molecular weight excluding hydrogens is 472 g/mol. The minimum absolute atomic E-state index is 0.168. The number of ether oxygens (including phenoxy) is 1. The molecule has 0 saturated carbocycles. The Morgan fingerprint density at radius 2 is 2.10 bits per heavy atom. The highest BCUT2D eigenvalue weighted by molar-refractivity contribution is 14.1. The molecule has 0 unspecified atom stereocenters. The first-order chi connectivity index (χ1) is 10.0. The Hall–Kier alpha value is -1.12. The molecule has 1 aliphatic rings. The molecule has 2 aromatic rings. The first-order valence-corrected chi connectivity index (χ1v) is 8.01. The third kappa shape index (κ3) is 3.22. The van der Waals surface area contributed by atoms with E-state index in [1.807, 2.05) is 6.07 Å². The Morgan fingerprint density at radius 1 is 1.29 bits per heavy atom. The summed E-state index contributed by atoms with van der Waals surface area (Å²) in [7, 11) is 0. The second-order valence-corrected chi connectivity index (χ2v) is 6.54. The van der Waals surface area contributed by atoms with Gasteiger partial charge in [-0.3, -0.25) is 0 Å². The smallest absolute Gasteiger partial charge is 0.363 e. The number of cyclic esters (lactones) is 1. The van der Waals surface area contributed by atoms with Crippen LogP contribution in [0.1, 0.15) is 11.3 Å². The van der Waals surface area contributed by atoms with Gasteiger partial charge in [0.15, 0.2) is 10.4 Å². The van der Waals surface area contributed by atoms with Gasteiger partial charge in [-0.2, -0.15) is 0 Å². The van der Waals surface area contributed by atoms with Gasteiger partial charge in [0.05, 0.1) is 10.6 Å². The van der Waals surface area contributed by atoms with E-state index in [0.717, 1.165) is 3.57 Å². The summed E-state index contributed by atoms with van der Waals surface area (Å²) in [6.45, 7) is 0. The molecule has 2 heterocycles. The van der Waals surface area contributed by atoms with E-state index in [1.54, 1.807) is 24.3 Å². The highest BCUT2D eigenvalue weighted by Crippen LogP contribution is 2.26. The highest BCUT2D eigenvalue weighted by Gasteiger charge is 2.26. The molecular formula is C14H6BrClINO3. The van der Waals surface area contributed by atoms with Crippen LogP contribution in [-0.2, 0) is 9.53 Å². The van der Waals surface area contributed by atoms with E-state index in [1.165, 1.54) is 6.08 Å². The number of halogens is 3. The van der Waals surface area contributed by atoms with Gasteiger partial charge in [0.25, 0.3) is 0 Å². The maximum absolute atomic E-state index is 11.9. The van der Waals surface area contributed by atoms with Crippen LogP contribution in [0.4, 0.5) is 0 Å². The summed E-state index contributed by atoms with van der Waals surface area (Å²) in [4.78, 5) is 16.1. The number of esters is 1. The van der Waals surface area contributed by atoms with Gasteiger partial charge >= 0.3 is 5.97 Å². The van der Waals surface area contributed by atoms with E-state index >= 15 is 0 Å². The lowest BCUT2D eigenvalue weighted by molar-refractivity contribution is -0.129. The van der Waals surface area contributed by atoms with Gasteiger partial charge in [0.2, 0.25) is 5.90 Å². The average molecular weight is 478 g/mol. The van der Waals surface area contributed by atoms with Gasteiger partial charge in [-0.25, -0.2) is 9.79 Å². The van der Waals surface area contributed by atoms with Crippen LogP contribution in [0.2, 0.25) is 5.02 Å². The van der Waals surface area contributed by atoms with Crippen molar-refractivity contribution in [2.45, 2.75) is 0 Å². The number of carbonyl (C=O) groups excluding carboxylic acids is 1. The Bertz CT molecular complexity index is 797. The Morgan fingerprint density at radius 3 is 2.81 bits per heavy atom. The summed E-state index contributed by atoms with van der Waals surface area (Å²) in [5.41, 5.74) is 0.753. The lowest BCUT2D eigenvalue weighted by Gasteiger charge is -2.02. The number of benzene rings is 1. The zero-order valence-corrected chi connectivity index (χ0v) is 14.8. The van der Waals surface area contributed by atoms with Gasteiger partial charge < -0.3 is 9.15 Å². The van der Waals surface area contributed by atoms with Crippen molar-refractivity contribution in [1.29, 1.82) is 0 Å². The van der Waals surface area contributed by atoms with Gasteiger partial charge in [0, 0.05) is 9.65 Å². The van der Waals surface area contributed by atoms with E-state index in [2.05, 4.69) is 43.5 Å². The molecule has 7 heteroatoms. The maximum atomic E-state index is 11.9. The summed E-state index contributed by atoms with van der Waals surface area (Å²) in [6, 6.07) is 8.85. The summed E-state index contributed by atoms with van der Waals surface area (Å²) >= 11 is 11.5. The van der Waals surface area contributed by atoms with Crippen LogP contribution >= 0.6 is 50.1 Å². The molecule has 3 rings (SSSR count). The minimum Gasteiger partial charge on any atom is -0.450 e. The van der Waals surface area contributed by atoms with E-state index in [4.69, 9.17) is 20.8 Å². The molecule has 0 amide bonds. The second-order valence-electron chi connectivity index (χ2n) is 4.10. The third-order valence-electron chi connectivity index (χ3n) is 2.65. The molecule has 21 heavy (non-hydrogen) atoms.